The lowest BCUT2D eigenvalue weighted by molar-refractivity contribution is -0.143. The van der Waals surface area contributed by atoms with Crippen LogP contribution in [-0.4, -0.2) is 18.2 Å². The van der Waals surface area contributed by atoms with E-state index in [9.17, 15) is 4.79 Å². The maximum absolute atomic E-state index is 11.7. The smallest absolute Gasteiger partial charge is 0.313 e. The van der Waals surface area contributed by atoms with Crippen molar-refractivity contribution in [3.8, 4) is 0 Å². The van der Waals surface area contributed by atoms with Crippen LogP contribution in [0.15, 0.2) is 42.7 Å². The highest BCUT2D eigenvalue weighted by molar-refractivity contribution is 5.73. The van der Waals surface area contributed by atoms with Gasteiger partial charge in [-0.3, -0.25) is 4.79 Å². The molecule has 1 saturated heterocycles. The number of carbonyl (C=O) groups is 1. The van der Waals surface area contributed by atoms with E-state index in [0.29, 0.717) is 12.2 Å². The molecule has 1 saturated carbocycles. The molecule has 2 aliphatic rings. The van der Waals surface area contributed by atoms with E-state index < -0.39 is 0 Å². The van der Waals surface area contributed by atoms with E-state index in [-0.39, 0.29) is 11.9 Å². The maximum atomic E-state index is 11.7. The van der Waals surface area contributed by atoms with Gasteiger partial charge in [-0.25, -0.2) is 0 Å². The van der Waals surface area contributed by atoms with Crippen LogP contribution in [0.1, 0.15) is 18.4 Å². The van der Waals surface area contributed by atoms with Gasteiger partial charge in [0.1, 0.15) is 0 Å². The van der Waals surface area contributed by atoms with Gasteiger partial charge in [0, 0.05) is 0 Å². The molecule has 2 unspecified atom stereocenters. The molecular formula is C15H16O3. The molecule has 0 aromatic heterocycles. The van der Waals surface area contributed by atoms with Crippen molar-refractivity contribution in [1.82, 2.24) is 0 Å². The van der Waals surface area contributed by atoms with E-state index in [4.69, 9.17) is 9.47 Å². The number of carbonyl (C=O) groups excluding carboxylic acids is 1. The number of benzene rings is 1. The number of hydrogen-bond acceptors (Lipinski definition) is 3. The molecule has 1 aromatic rings. The molecule has 0 spiro atoms. The van der Waals surface area contributed by atoms with Gasteiger partial charge in [0.25, 0.3) is 0 Å². The lowest BCUT2D eigenvalue weighted by Gasteiger charge is -2.07. The highest BCUT2D eigenvalue weighted by Crippen LogP contribution is 2.42. The average Bonchev–Trinajstić information content (AvgIpc) is 3.02. The van der Waals surface area contributed by atoms with Crippen LogP contribution in [-0.2, 0) is 20.7 Å². The summed E-state index contributed by atoms with van der Waals surface area (Å²) in [4.78, 5) is 11.7. The zero-order valence-corrected chi connectivity index (χ0v) is 10.1. The zero-order chi connectivity index (χ0) is 12.4. The molecule has 2 fully saturated rings. The van der Waals surface area contributed by atoms with Crippen LogP contribution in [0.4, 0.5) is 0 Å². The summed E-state index contributed by atoms with van der Waals surface area (Å²) in [6.45, 7) is 0. The average molecular weight is 244 g/mol. The van der Waals surface area contributed by atoms with E-state index in [1.807, 2.05) is 36.4 Å². The number of fused-ring (bicyclic) bond motifs is 1. The highest BCUT2D eigenvalue weighted by atomic mass is 16.6. The van der Waals surface area contributed by atoms with Crippen LogP contribution < -0.4 is 0 Å². The van der Waals surface area contributed by atoms with Crippen molar-refractivity contribution in [3.05, 3.63) is 48.2 Å². The third kappa shape index (κ3) is 2.62. The molecule has 0 bridgehead atoms. The maximum Gasteiger partial charge on any atom is 0.313 e. The topological polar surface area (TPSA) is 38.8 Å². The SMILES string of the molecule is O=C(OC=CCc1ccccc1)C1CC2OC2C1. The van der Waals surface area contributed by atoms with Crippen LogP contribution in [0.2, 0.25) is 0 Å². The zero-order valence-electron chi connectivity index (χ0n) is 10.1. The molecule has 0 N–H and O–H groups in total. The summed E-state index contributed by atoms with van der Waals surface area (Å²) in [5.74, 6) is -0.0785. The number of rotatable bonds is 4. The van der Waals surface area contributed by atoms with E-state index in [1.54, 1.807) is 0 Å². The molecule has 3 heteroatoms. The lowest BCUT2D eigenvalue weighted by atomic mass is 10.1. The molecule has 2 atom stereocenters. The summed E-state index contributed by atoms with van der Waals surface area (Å²) >= 11 is 0. The quantitative estimate of drug-likeness (QED) is 0.464. The monoisotopic (exact) mass is 244 g/mol. The molecular weight excluding hydrogens is 228 g/mol. The number of ether oxygens (including phenoxy) is 2. The Balaban J connectivity index is 1.42. The van der Waals surface area contributed by atoms with Crippen LogP contribution >= 0.6 is 0 Å². The molecule has 0 radical (unpaired) electrons. The highest BCUT2D eigenvalue weighted by Gasteiger charge is 2.50. The van der Waals surface area contributed by atoms with E-state index in [1.165, 1.54) is 11.8 Å². The van der Waals surface area contributed by atoms with Crippen LogP contribution in [0, 0.1) is 5.92 Å². The van der Waals surface area contributed by atoms with Gasteiger partial charge < -0.3 is 9.47 Å². The minimum Gasteiger partial charge on any atom is -0.435 e. The minimum absolute atomic E-state index is 0.0372. The third-order valence-corrected chi connectivity index (χ3v) is 3.53. The summed E-state index contributed by atoms with van der Waals surface area (Å²) in [5.41, 5.74) is 1.21. The standard InChI is InChI=1S/C15H16O3/c16-15(12-9-13-14(10-12)18-13)17-8-4-7-11-5-2-1-3-6-11/h1-6,8,12-14H,7,9-10H2. The molecule has 3 nitrogen and oxygen atoms in total. The van der Waals surface area contributed by atoms with Gasteiger partial charge >= 0.3 is 5.97 Å². The van der Waals surface area contributed by atoms with Crippen molar-refractivity contribution >= 4 is 5.97 Å². The second kappa shape index (κ2) is 4.94. The van der Waals surface area contributed by atoms with Crippen LogP contribution in [0.5, 0.6) is 0 Å². The van der Waals surface area contributed by atoms with Gasteiger partial charge in [-0.15, -0.1) is 0 Å². The predicted molar refractivity (Wildman–Crippen MR) is 66.8 cm³/mol. The van der Waals surface area contributed by atoms with E-state index >= 15 is 0 Å². The first-order valence-corrected chi connectivity index (χ1v) is 6.38. The van der Waals surface area contributed by atoms with Crippen LogP contribution in [0.25, 0.3) is 0 Å². The number of allylic oxidation sites excluding steroid dienone is 1. The molecule has 1 aliphatic heterocycles. The van der Waals surface area contributed by atoms with Gasteiger partial charge in [-0.05, 0) is 30.9 Å². The number of esters is 1. The molecule has 18 heavy (non-hydrogen) atoms. The molecule has 94 valence electrons. The van der Waals surface area contributed by atoms with E-state index in [0.717, 1.165) is 19.3 Å². The van der Waals surface area contributed by atoms with Gasteiger partial charge in [0.15, 0.2) is 0 Å². The largest absolute Gasteiger partial charge is 0.435 e. The van der Waals surface area contributed by atoms with Crippen molar-refractivity contribution in [3.63, 3.8) is 0 Å². The summed E-state index contributed by atoms with van der Waals surface area (Å²) in [7, 11) is 0. The van der Waals surface area contributed by atoms with Crippen molar-refractivity contribution < 1.29 is 14.3 Å². The first-order chi connectivity index (χ1) is 8.83. The Labute approximate surface area is 106 Å². The van der Waals surface area contributed by atoms with Gasteiger partial charge in [-0.1, -0.05) is 30.3 Å². The van der Waals surface area contributed by atoms with Crippen molar-refractivity contribution in [2.45, 2.75) is 31.5 Å². The Morgan fingerprint density at radius 1 is 1.28 bits per heavy atom. The third-order valence-electron chi connectivity index (χ3n) is 3.53. The Kier molecular flexibility index (Phi) is 3.15. The normalized spacial score (nSPS) is 29.2. The Morgan fingerprint density at radius 3 is 2.72 bits per heavy atom. The second-order valence-corrected chi connectivity index (χ2v) is 4.88. The van der Waals surface area contributed by atoms with Crippen LogP contribution in [0.3, 0.4) is 0 Å². The molecule has 3 rings (SSSR count). The van der Waals surface area contributed by atoms with Crippen molar-refractivity contribution in [2.75, 3.05) is 0 Å². The van der Waals surface area contributed by atoms with Crippen molar-refractivity contribution in [1.29, 1.82) is 0 Å². The molecule has 1 heterocycles. The van der Waals surface area contributed by atoms with Gasteiger partial charge in [-0.2, -0.15) is 0 Å². The van der Waals surface area contributed by atoms with Gasteiger partial charge in [0.05, 0.1) is 24.4 Å². The fourth-order valence-corrected chi connectivity index (χ4v) is 2.45. The van der Waals surface area contributed by atoms with Gasteiger partial charge in [0.2, 0.25) is 0 Å². The summed E-state index contributed by atoms with van der Waals surface area (Å²) in [5, 5.41) is 0. The number of hydrogen-bond donors (Lipinski definition) is 0. The predicted octanol–water partition coefficient (Wildman–Crippen LogP) is 2.46. The first-order valence-electron chi connectivity index (χ1n) is 6.38. The lowest BCUT2D eigenvalue weighted by Crippen LogP contribution is -2.14. The summed E-state index contributed by atoms with van der Waals surface area (Å²) in [6.07, 6.45) is 6.49. The Bertz CT molecular complexity index is 442. The van der Waals surface area contributed by atoms with Crippen molar-refractivity contribution in [2.24, 2.45) is 5.92 Å². The summed E-state index contributed by atoms with van der Waals surface area (Å²) in [6, 6.07) is 10.1. The molecule has 1 aromatic carbocycles. The Hall–Kier alpha value is -1.61. The molecule has 1 aliphatic carbocycles. The summed E-state index contributed by atoms with van der Waals surface area (Å²) < 4.78 is 10.4. The molecule has 0 amide bonds. The minimum atomic E-state index is -0.116. The second-order valence-electron chi connectivity index (χ2n) is 4.88. The Morgan fingerprint density at radius 2 is 2.00 bits per heavy atom. The number of epoxide rings is 1. The fourth-order valence-electron chi connectivity index (χ4n) is 2.45. The first kappa shape index (κ1) is 11.5. The fraction of sp³-hybridized carbons (Fsp3) is 0.400. The van der Waals surface area contributed by atoms with E-state index in [2.05, 4.69) is 0 Å².